The second-order valence-corrected chi connectivity index (χ2v) is 6.40. The largest absolute Gasteiger partial charge is 0.444 e. The number of hydrogen-bond donors (Lipinski definition) is 1. The van der Waals surface area contributed by atoms with Gasteiger partial charge in [0.25, 0.3) is 0 Å². The predicted octanol–water partition coefficient (Wildman–Crippen LogP) is 2.45. The fourth-order valence-corrected chi connectivity index (χ4v) is 2.58. The topological polar surface area (TPSA) is 68.5 Å². The minimum atomic E-state index is -0.444. The summed E-state index contributed by atoms with van der Waals surface area (Å²) in [5, 5.41) is 0.723. The third kappa shape index (κ3) is 3.13. The molecule has 1 unspecified atom stereocenters. The molecule has 1 aliphatic rings. The summed E-state index contributed by atoms with van der Waals surface area (Å²) in [6.07, 6.45) is 0.677. The van der Waals surface area contributed by atoms with Crippen molar-refractivity contribution in [2.24, 2.45) is 0 Å². The molecule has 18 heavy (non-hydrogen) atoms. The van der Waals surface area contributed by atoms with Crippen LogP contribution in [0.4, 0.5) is 9.80 Å². The summed E-state index contributed by atoms with van der Waals surface area (Å²) in [7, 11) is 0. The first-order chi connectivity index (χ1) is 8.35. The Morgan fingerprint density at radius 3 is 2.89 bits per heavy atom. The first-order valence-electron chi connectivity index (χ1n) is 6.05. The first kappa shape index (κ1) is 13.1. The van der Waals surface area contributed by atoms with Gasteiger partial charge in [-0.15, -0.1) is 0 Å². The maximum absolute atomic E-state index is 11.9. The van der Waals surface area contributed by atoms with Gasteiger partial charge in [0.1, 0.15) is 10.6 Å². The van der Waals surface area contributed by atoms with Crippen molar-refractivity contribution in [2.45, 2.75) is 38.7 Å². The Bertz CT molecular complexity index is 439. The number of rotatable bonds is 1. The zero-order valence-corrected chi connectivity index (χ0v) is 11.8. The van der Waals surface area contributed by atoms with E-state index in [1.54, 1.807) is 4.90 Å². The third-order valence-electron chi connectivity index (χ3n) is 2.80. The molecular weight excluding hydrogens is 250 g/mol. The summed E-state index contributed by atoms with van der Waals surface area (Å²) in [6, 6.07) is 1.90. The molecule has 0 spiro atoms. The van der Waals surface area contributed by atoms with Crippen LogP contribution in [-0.4, -0.2) is 34.1 Å². The number of aromatic nitrogens is 1. The number of nitrogens with zero attached hydrogens (tertiary/aromatic N) is 2. The van der Waals surface area contributed by atoms with E-state index in [9.17, 15) is 4.79 Å². The van der Waals surface area contributed by atoms with Crippen molar-refractivity contribution < 1.29 is 9.53 Å². The van der Waals surface area contributed by atoms with Gasteiger partial charge in [-0.25, -0.2) is 4.79 Å². The fourth-order valence-electron chi connectivity index (χ4n) is 1.99. The number of ether oxygens (including phenoxy) is 1. The highest BCUT2D eigenvalue weighted by Gasteiger charge is 2.31. The summed E-state index contributed by atoms with van der Waals surface area (Å²) in [4.78, 5) is 13.6. The molecule has 0 aliphatic carbocycles. The molecular formula is C12H19N3O2S. The van der Waals surface area contributed by atoms with Crippen molar-refractivity contribution in [1.29, 1.82) is 0 Å². The molecule has 1 aromatic heterocycles. The number of nitrogens with two attached hydrogens (primary N) is 1. The highest BCUT2D eigenvalue weighted by molar-refractivity contribution is 7.10. The zero-order valence-electron chi connectivity index (χ0n) is 11.0. The second kappa shape index (κ2) is 4.76. The molecule has 1 aliphatic heterocycles. The van der Waals surface area contributed by atoms with E-state index in [1.807, 2.05) is 26.8 Å². The lowest BCUT2D eigenvalue weighted by molar-refractivity contribution is 0.0292. The molecule has 1 amide bonds. The van der Waals surface area contributed by atoms with Crippen LogP contribution in [0.5, 0.6) is 0 Å². The standard InChI is InChI=1S/C12H19N3O2S/c1-12(2,3)17-11(16)15-5-4-8(7-15)9-6-10(13)18-14-9/h6,8H,4-5,7,13H2,1-3H3. The van der Waals surface area contributed by atoms with Crippen LogP contribution in [0.2, 0.25) is 0 Å². The maximum atomic E-state index is 11.9. The fraction of sp³-hybridized carbons (Fsp3) is 0.667. The monoisotopic (exact) mass is 269 g/mol. The molecule has 1 aromatic rings. The number of likely N-dealkylation sites (tertiary alicyclic amines) is 1. The number of carbonyl (C=O) groups excluding carboxylic acids is 1. The molecule has 1 saturated heterocycles. The molecule has 0 aromatic carbocycles. The molecule has 0 radical (unpaired) electrons. The van der Waals surface area contributed by atoms with Crippen molar-refractivity contribution in [3.63, 3.8) is 0 Å². The van der Waals surface area contributed by atoms with E-state index in [2.05, 4.69) is 4.37 Å². The van der Waals surface area contributed by atoms with Crippen LogP contribution in [-0.2, 0) is 4.74 Å². The van der Waals surface area contributed by atoms with Gasteiger partial charge in [0, 0.05) is 19.0 Å². The average Bonchev–Trinajstić information content (AvgIpc) is 2.82. The van der Waals surface area contributed by atoms with E-state index >= 15 is 0 Å². The van der Waals surface area contributed by atoms with Gasteiger partial charge in [0.15, 0.2) is 0 Å². The first-order valence-corrected chi connectivity index (χ1v) is 6.82. The number of carbonyl (C=O) groups is 1. The lowest BCUT2D eigenvalue weighted by atomic mass is 10.1. The van der Waals surface area contributed by atoms with Crippen molar-refractivity contribution in [1.82, 2.24) is 9.27 Å². The predicted molar refractivity (Wildman–Crippen MR) is 71.7 cm³/mol. The van der Waals surface area contributed by atoms with Crippen LogP contribution in [0, 0.1) is 0 Å². The van der Waals surface area contributed by atoms with Gasteiger partial charge in [0.05, 0.1) is 5.69 Å². The van der Waals surface area contributed by atoms with Crippen LogP contribution in [0.25, 0.3) is 0 Å². The van der Waals surface area contributed by atoms with Crippen molar-refractivity contribution in [3.8, 4) is 0 Å². The normalized spacial score (nSPS) is 20.2. The van der Waals surface area contributed by atoms with Gasteiger partial charge >= 0.3 is 6.09 Å². The number of anilines is 1. The number of hydrogen-bond acceptors (Lipinski definition) is 5. The molecule has 2 heterocycles. The Hall–Kier alpha value is -1.30. The molecule has 0 saturated carbocycles. The lowest BCUT2D eigenvalue weighted by Gasteiger charge is -2.24. The molecule has 6 heteroatoms. The van der Waals surface area contributed by atoms with Crippen LogP contribution in [0.15, 0.2) is 6.07 Å². The Kier molecular flexibility index (Phi) is 3.47. The quantitative estimate of drug-likeness (QED) is 0.850. The van der Waals surface area contributed by atoms with Crippen molar-refractivity contribution in [2.75, 3.05) is 18.8 Å². The van der Waals surface area contributed by atoms with E-state index < -0.39 is 5.60 Å². The van der Waals surface area contributed by atoms with Gasteiger partial charge in [0.2, 0.25) is 0 Å². The minimum absolute atomic E-state index is 0.242. The van der Waals surface area contributed by atoms with Crippen molar-refractivity contribution in [3.05, 3.63) is 11.8 Å². The highest BCUT2D eigenvalue weighted by atomic mass is 32.1. The van der Waals surface area contributed by atoms with Crippen molar-refractivity contribution >= 4 is 22.6 Å². The van der Waals surface area contributed by atoms with E-state index in [1.165, 1.54) is 11.5 Å². The maximum Gasteiger partial charge on any atom is 0.410 e. The molecule has 1 atom stereocenters. The molecule has 2 rings (SSSR count). The van der Waals surface area contributed by atoms with E-state index in [-0.39, 0.29) is 12.0 Å². The molecule has 100 valence electrons. The molecule has 1 fully saturated rings. The lowest BCUT2D eigenvalue weighted by Crippen LogP contribution is -2.35. The van der Waals surface area contributed by atoms with Crippen LogP contribution in [0.1, 0.15) is 38.8 Å². The Balaban J connectivity index is 1.94. The summed E-state index contributed by atoms with van der Waals surface area (Å²) >= 11 is 1.30. The van der Waals surface area contributed by atoms with Gasteiger partial charge < -0.3 is 15.4 Å². The zero-order chi connectivity index (χ0) is 13.3. The summed E-state index contributed by atoms with van der Waals surface area (Å²) in [5.74, 6) is 0.283. The van der Waals surface area contributed by atoms with Gasteiger partial charge in [-0.1, -0.05) is 0 Å². The van der Waals surface area contributed by atoms with Crippen LogP contribution < -0.4 is 5.73 Å². The van der Waals surface area contributed by atoms with E-state index in [0.29, 0.717) is 6.54 Å². The van der Waals surface area contributed by atoms with Crippen LogP contribution >= 0.6 is 11.5 Å². The molecule has 5 nitrogen and oxygen atoms in total. The number of nitrogen functional groups attached to an aromatic ring is 1. The SMILES string of the molecule is CC(C)(C)OC(=O)N1CCC(c2cc(N)sn2)C1. The summed E-state index contributed by atoms with van der Waals surface area (Å²) in [5.41, 5.74) is 6.22. The Morgan fingerprint density at radius 1 is 1.61 bits per heavy atom. The highest BCUT2D eigenvalue weighted by Crippen LogP contribution is 2.29. The van der Waals surface area contributed by atoms with Crippen LogP contribution in [0.3, 0.4) is 0 Å². The van der Waals surface area contributed by atoms with Gasteiger partial charge in [-0.05, 0) is 44.8 Å². The summed E-state index contributed by atoms with van der Waals surface area (Å²) < 4.78 is 9.66. The molecule has 0 bridgehead atoms. The van der Waals surface area contributed by atoms with Gasteiger partial charge in [-0.3, -0.25) is 0 Å². The minimum Gasteiger partial charge on any atom is -0.444 e. The smallest absolute Gasteiger partial charge is 0.410 e. The third-order valence-corrected chi connectivity index (χ3v) is 3.44. The van der Waals surface area contributed by atoms with Gasteiger partial charge in [-0.2, -0.15) is 4.37 Å². The summed E-state index contributed by atoms with van der Waals surface area (Å²) in [6.45, 7) is 7.01. The Morgan fingerprint density at radius 2 is 2.33 bits per heavy atom. The van der Waals surface area contributed by atoms with E-state index in [0.717, 1.165) is 23.7 Å². The second-order valence-electron chi connectivity index (χ2n) is 5.57. The van der Waals surface area contributed by atoms with E-state index in [4.69, 9.17) is 10.5 Å². The molecule has 2 N–H and O–H groups in total. The Labute approximate surface area is 111 Å². The average molecular weight is 269 g/mol. The number of amides is 1.